The van der Waals surface area contributed by atoms with E-state index in [2.05, 4.69) is 24.1 Å². The summed E-state index contributed by atoms with van der Waals surface area (Å²) in [6, 6.07) is 0.429. The van der Waals surface area contributed by atoms with Gasteiger partial charge in [0.25, 0.3) is 0 Å². The first-order valence-electron chi connectivity index (χ1n) is 10.5. The molecule has 7 aliphatic rings. The Hall–Kier alpha value is -0.570. The van der Waals surface area contributed by atoms with Crippen LogP contribution in [0, 0.1) is 28.1 Å². The minimum atomic E-state index is -0.0315. The lowest BCUT2D eigenvalue weighted by Gasteiger charge is -2.65. The Bertz CT molecular complexity index is 554. The van der Waals surface area contributed by atoms with Gasteiger partial charge in [-0.3, -0.25) is 4.79 Å². The number of amides is 1. The molecule has 0 aromatic rings. The normalized spacial score (nSPS) is 54.9. The van der Waals surface area contributed by atoms with Gasteiger partial charge >= 0.3 is 0 Å². The lowest BCUT2D eigenvalue weighted by Crippen LogP contribution is -2.64. The number of hydrogen-bond donors (Lipinski definition) is 1. The van der Waals surface area contributed by atoms with Gasteiger partial charge in [0, 0.05) is 12.6 Å². The lowest BCUT2D eigenvalue weighted by atomic mass is 9.39. The minimum Gasteiger partial charge on any atom is -0.351 e. The fraction of sp³-hybridized carbons (Fsp3) is 0.952. The van der Waals surface area contributed by atoms with Crippen LogP contribution in [-0.2, 0) is 4.79 Å². The smallest absolute Gasteiger partial charge is 0.226 e. The number of nitrogens with one attached hydrogen (secondary N) is 1. The molecule has 134 valence electrons. The molecule has 4 aliphatic carbocycles. The van der Waals surface area contributed by atoms with E-state index in [4.69, 9.17) is 0 Å². The van der Waals surface area contributed by atoms with Gasteiger partial charge in [0.1, 0.15) is 0 Å². The number of rotatable bonds is 3. The van der Waals surface area contributed by atoms with Crippen LogP contribution in [0.5, 0.6) is 0 Å². The molecule has 0 aromatic heterocycles. The third-order valence-corrected chi connectivity index (χ3v) is 8.67. The van der Waals surface area contributed by atoms with E-state index in [1.54, 1.807) is 0 Å². The minimum absolute atomic E-state index is 0.0315. The average Bonchev–Trinajstić information content (AvgIpc) is 2.54. The summed E-state index contributed by atoms with van der Waals surface area (Å²) >= 11 is 0. The summed E-state index contributed by atoms with van der Waals surface area (Å²) in [6.45, 7) is 8.46. The molecular formula is C21H34N2O. The first-order chi connectivity index (χ1) is 11.4. The molecule has 6 bridgehead atoms. The highest BCUT2D eigenvalue weighted by molar-refractivity contribution is 5.83. The standard InChI is InChI=1S/C21H34N2O/c1-3-20-9-15-8-19(2,12-20)13-21(10-15,14-20)18(24)22-17-11-23-6-4-16(17)5-7-23/h15-17H,3-14H2,1-2H3,(H,22,24)/t15?,17-,19-,20+,21?/m1/s1. The number of carbonyl (C=O) groups is 1. The van der Waals surface area contributed by atoms with Crippen molar-refractivity contribution in [3.05, 3.63) is 0 Å². The van der Waals surface area contributed by atoms with Crippen LogP contribution >= 0.6 is 0 Å². The van der Waals surface area contributed by atoms with E-state index in [0.29, 0.717) is 22.8 Å². The zero-order chi connectivity index (χ0) is 16.6. The molecule has 24 heavy (non-hydrogen) atoms. The Morgan fingerprint density at radius 1 is 1.12 bits per heavy atom. The van der Waals surface area contributed by atoms with E-state index in [-0.39, 0.29) is 5.41 Å². The summed E-state index contributed by atoms with van der Waals surface area (Å²) in [5.41, 5.74) is 0.874. The highest BCUT2D eigenvalue weighted by Crippen LogP contribution is 2.70. The molecule has 3 heteroatoms. The van der Waals surface area contributed by atoms with Gasteiger partial charge in [0.15, 0.2) is 0 Å². The Balaban J connectivity index is 1.38. The molecule has 7 rings (SSSR count). The van der Waals surface area contributed by atoms with Crippen molar-refractivity contribution in [2.75, 3.05) is 19.6 Å². The van der Waals surface area contributed by atoms with Crippen LogP contribution < -0.4 is 5.32 Å². The Labute approximate surface area is 146 Å². The fourth-order valence-electron chi connectivity index (χ4n) is 8.24. The van der Waals surface area contributed by atoms with E-state index < -0.39 is 0 Å². The van der Waals surface area contributed by atoms with Crippen LogP contribution in [0.15, 0.2) is 0 Å². The fourth-order valence-corrected chi connectivity index (χ4v) is 8.24. The van der Waals surface area contributed by atoms with Crippen LogP contribution in [0.4, 0.5) is 0 Å². The summed E-state index contributed by atoms with van der Waals surface area (Å²) in [6.07, 6.45) is 11.5. The molecule has 0 spiro atoms. The molecule has 3 saturated heterocycles. The highest BCUT2D eigenvalue weighted by atomic mass is 16.2. The predicted octanol–water partition coefficient (Wildman–Crippen LogP) is 3.58. The van der Waals surface area contributed by atoms with E-state index in [0.717, 1.165) is 24.8 Å². The molecule has 3 nitrogen and oxygen atoms in total. The van der Waals surface area contributed by atoms with Crippen molar-refractivity contribution in [3.8, 4) is 0 Å². The number of nitrogens with zero attached hydrogens (tertiary/aromatic N) is 1. The van der Waals surface area contributed by atoms with Crippen molar-refractivity contribution in [2.24, 2.45) is 28.1 Å². The molecule has 5 atom stereocenters. The van der Waals surface area contributed by atoms with Gasteiger partial charge in [-0.1, -0.05) is 20.3 Å². The van der Waals surface area contributed by atoms with Crippen LogP contribution in [0.2, 0.25) is 0 Å². The lowest BCUT2D eigenvalue weighted by molar-refractivity contribution is -0.175. The summed E-state index contributed by atoms with van der Waals surface area (Å²) in [4.78, 5) is 16.1. The number of piperidine rings is 3. The Kier molecular flexibility index (Phi) is 3.26. The van der Waals surface area contributed by atoms with Crippen molar-refractivity contribution in [1.29, 1.82) is 0 Å². The average molecular weight is 331 g/mol. The van der Waals surface area contributed by atoms with E-state index in [9.17, 15) is 4.79 Å². The van der Waals surface area contributed by atoms with E-state index in [1.807, 2.05) is 0 Å². The van der Waals surface area contributed by atoms with Gasteiger partial charge in [0.05, 0.1) is 5.41 Å². The maximum Gasteiger partial charge on any atom is 0.226 e. The Morgan fingerprint density at radius 2 is 1.92 bits per heavy atom. The summed E-state index contributed by atoms with van der Waals surface area (Å²) in [7, 11) is 0. The zero-order valence-corrected chi connectivity index (χ0v) is 15.6. The number of fused-ring (bicyclic) bond motifs is 3. The quantitative estimate of drug-likeness (QED) is 0.858. The van der Waals surface area contributed by atoms with Gasteiger partial charge in [-0.2, -0.15) is 0 Å². The van der Waals surface area contributed by atoms with Crippen LogP contribution in [0.25, 0.3) is 0 Å². The third-order valence-electron chi connectivity index (χ3n) is 8.67. The van der Waals surface area contributed by atoms with Crippen molar-refractivity contribution >= 4 is 5.91 Å². The maximum absolute atomic E-state index is 13.5. The number of carbonyl (C=O) groups excluding carboxylic acids is 1. The van der Waals surface area contributed by atoms with Crippen molar-refractivity contribution < 1.29 is 4.79 Å². The Morgan fingerprint density at radius 3 is 2.54 bits per heavy atom. The second-order valence-corrected chi connectivity index (χ2v) is 10.7. The first kappa shape index (κ1) is 15.7. The molecule has 3 heterocycles. The molecule has 0 aromatic carbocycles. The van der Waals surface area contributed by atoms with Crippen molar-refractivity contribution in [1.82, 2.24) is 10.2 Å². The molecule has 7 fully saturated rings. The van der Waals surface area contributed by atoms with E-state index in [1.165, 1.54) is 64.5 Å². The second kappa shape index (κ2) is 4.99. The molecule has 1 N–H and O–H groups in total. The van der Waals surface area contributed by atoms with Crippen molar-refractivity contribution in [3.63, 3.8) is 0 Å². The van der Waals surface area contributed by atoms with Gasteiger partial charge in [0.2, 0.25) is 5.91 Å². The van der Waals surface area contributed by atoms with Crippen LogP contribution in [-0.4, -0.2) is 36.5 Å². The van der Waals surface area contributed by atoms with E-state index >= 15 is 0 Å². The zero-order valence-electron chi connectivity index (χ0n) is 15.6. The first-order valence-corrected chi connectivity index (χ1v) is 10.5. The summed E-state index contributed by atoms with van der Waals surface area (Å²) < 4.78 is 0. The third kappa shape index (κ3) is 2.22. The summed E-state index contributed by atoms with van der Waals surface area (Å²) in [5.74, 6) is 1.99. The molecule has 0 radical (unpaired) electrons. The monoisotopic (exact) mass is 330 g/mol. The van der Waals surface area contributed by atoms with Crippen LogP contribution in [0.1, 0.15) is 71.6 Å². The molecule has 1 amide bonds. The topological polar surface area (TPSA) is 32.3 Å². The van der Waals surface area contributed by atoms with Gasteiger partial charge in [-0.15, -0.1) is 0 Å². The molecule has 2 unspecified atom stereocenters. The van der Waals surface area contributed by atoms with Crippen molar-refractivity contribution in [2.45, 2.75) is 77.7 Å². The van der Waals surface area contributed by atoms with Gasteiger partial charge < -0.3 is 10.2 Å². The SMILES string of the molecule is CC[C@]12CC3CC(C(=O)N[C@@H]4CN5CCC4CC5)(C[C@](C)(C3)C1)C2. The largest absolute Gasteiger partial charge is 0.351 e. The molecular weight excluding hydrogens is 296 g/mol. The second-order valence-electron chi connectivity index (χ2n) is 10.7. The number of hydrogen-bond acceptors (Lipinski definition) is 2. The van der Waals surface area contributed by atoms with Crippen LogP contribution in [0.3, 0.4) is 0 Å². The van der Waals surface area contributed by atoms with Gasteiger partial charge in [-0.25, -0.2) is 0 Å². The summed E-state index contributed by atoms with van der Waals surface area (Å²) in [5, 5.41) is 3.59. The van der Waals surface area contributed by atoms with Gasteiger partial charge in [-0.05, 0) is 87.1 Å². The molecule has 4 saturated carbocycles. The highest BCUT2D eigenvalue weighted by Gasteiger charge is 2.63. The predicted molar refractivity (Wildman–Crippen MR) is 95.6 cm³/mol. The molecule has 3 aliphatic heterocycles. The maximum atomic E-state index is 13.5.